The van der Waals surface area contributed by atoms with E-state index in [2.05, 4.69) is 30.4 Å². The van der Waals surface area contributed by atoms with Crippen molar-refractivity contribution in [3.8, 4) is 0 Å². The topological polar surface area (TPSA) is 0 Å². The van der Waals surface area contributed by atoms with Gasteiger partial charge in [0, 0.05) is 0 Å². The second-order valence-corrected chi connectivity index (χ2v) is 12.1. The number of rotatable bonds is 10. The Labute approximate surface area is 122 Å². The quantitative estimate of drug-likeness (QED) is 0.318. The van der Waals surface area contributed by atoms with E-state index in [0.29, 0.717) is 0 Å². The van der Waals surface area contributed by atoms with Crippen LogP contribution in [0.2, 0.25) is 21.3 Å². The van der Waals surface area contributed by atoms with Crippen LogP contribution in [0.5, 0.6) is 0 Å². The standard InChI is InChI=1S/C12H22S2Se2/c1-10(7-16-9-12-6-14-12)3-2-4-15-8-11-5-13-11/h10-12H,2-9H2,1H3. The van der Waals surface area contributed by atoms with Gasteiger partial charge in [-0.05, 0) is 0 Å². The second kappa shape index (κ2) is 8.02. The first kappa shape index (κ1) is 14.2. The average molecular weight is 388 g/mol. The van der Waals surface area contributed by atoms with E-state index in [-0.39, 0.29) is 0 Å². The van der Waals surface area contributed by atoms with Gasteiger partial charge in [0.05, 0.1) is 0 Å². The molecule has 0 amide bonds. The van der Waals surface area contributed by atoms with E-state index < -0.39 is 0 Å². The Kier molecular flexibility index (Phi) is 7.09. The molecule has 2 fully saturated rings. The summed E-state index contributed by atoms with van der Waals surface area (Å²) in [7, 11) is 0. The fraction of sp³-hybridized carbons (Fsp3) is 1.00. The van der Waals surface area contributed by atoms with Crippen LogP contribution in [-0.4, -0.2) is 51.9 Å². The van der Waals surface area contributed by atoms with E-state index in [9.17, 15) is 0 Å². The molecule has 2 aliphatic heterocycles. The Morgan fingerprint density at radius 2 is 1.75 bits per heavy atom. The number of thioether (sulfide) groups is 2. The summed E-state index contributed by atoms with van der Waals surface area (Å²) in [6, 6.07) is 0. The summed E-state index contributed by atoms with van der Waals surface area (Å²) in [5.41, 5.74) is 0. The summed E-state index contributed by atoms with van der Waals surface area (Å²) >= 11 is 6.28. The third kappa shape index (κ3) is 7.23. The SMILES string of the molecule is CC(CCC[Se]CC1CS1)C[Se]CC1CS1. The molecular weight excluding hydrogens is 366 g/mol. The fourth-order valence-electron chi connectivity index (χ4n) is 1.56. The molecule has 16 heavy (non-hydrogen) atoms. The molecule has 0 nitrogen and oxygen atoms in total. The van der Waals surface area contributed by atoms with Crippen LogP contribution in [0.1, 0.15) is 19.8 Å². The molecule has 0 aromatic heterocycles. The molecule has 0 bridgehead atoms. The molecule has 2 aliphatic rings. The van der Waals surface area contributed by atoms with Crippen molar-refractivity contribution in [2.75, 3.05) is 11.5 Å². The Bertz CT molecular complexity index is 193. The van der Waals surface area contributed by atoms with E-state index in [1.165, 1.54) is 24.3 Å². The van der Waals surface area contributed by atoms with Crippen molar-refractivity contribution in [1.29, 1.82) is 0 Å². The summed E-state index contributed by atoms with van der Waals surface area (Å²) in [6.07, 6.45) is 3.03. The predicted molar refractivity (Wildman–Crippen MR) is 81.6 cm³/mol. The molecule has 0 radical (unpaired) electrons. The van der Waals surface area contributed by atoms with E-state index in [4.69, 9.17) is 0 Å². The van der Waals surface area contributed by atoms with E-state index >= 15 is 0 Å². The van der Waals surface area contributed by atoms with Gasteiger partial charge < -0.3 is 0 Å². The van der Waals surface area contributed by atoms with Gasteiger partial charge in [-0.15, -0.1) is 0 Å². The molecule has 4 heteroatoms. The van der Waals surface area contributed by atoms with Crippen molar-refractivity contribution in [3.63, 3.8) is 0 Å². The van der Waals surface area contributed by atoms with Gasteiger partial charge in [-0.1, -0.05) is 0 Å². The Hall–Kier alpha value is 1.74. The van der Waals surface area contributed by atoms with Crippen LogP contribution in [0.3, 0.4) is 0 Å². The summed E-state index contributed by atoms with van der Waals surface area (Å²) in [4.78, 5) is 0. The van der Waals surface area contributed by atoms with Crippen molar-refractivity contribution in [2.24, 2.45) is 5.92 Å². The summed E-state index contributed by atoms with van der Waals surface area (Å²) in [5, 5.41) is 8.41. The van der Waals surface area contributed by atoms with Crippen LogP contribution in [0.15, 0.2) is 0 Å². The second-order valence-electron chi connectivity index (χ2n) is 4.77. The monoisotopic (exact) mass is 390 g/mol. The minimum absolute atomic E-state index is 0.962. The zero-order chi connectivity index (χ0) is 11.2. The van der Waals surface area contributed by atoms with Crippen molar-refractivity contribution in [3.05, 3.63) is 0 Å². The molecule has 0 saturated carbocycles. The van der Waals surface area contributed by atoms with Crippen LogP contribution >= 0.6 is 23.5 Å². The van der Waals surface area contributed by atoms with Crippen molar-refractivity contribution in [2.45, 2.75) is 51.5 Å². The van der Waals surface area contributed by atoms with Crippen LogP contribution in [0, 0.1) is 5.92 Å². The van der Waals surface area contributed by atoms with Gasteiger partial charge in [0.2, 0.25) is 0 Å². The zero-order valence-electron chi connectivity index (χ0n) is 10.0. The molecule has 94 valence electrons. The fourth-order valence-corrected chi connectivity index (χ4v) is 9.35. The molecule has 0 aliphatic carbocycles. The molecule has 0 spiro atoms. The molecule has 2 rings (SSSR count). The third-order valence-corrected chi connectivity index (χ3v) is 11.3. The number of hydrogen-bond acceptors (Lipinski definition) is 2. The normalized spacial score (nSPS) is 29.1. The number of hydrogen-bond donors (Lipinski definition) is 0. The molecule has 0 aromatic carbocycles. The van der Waals surface area contributed by atoms with Crippen LogP contribution in [-0.2, 0) is 0 Å². The van der Waals surface area contributed by atoms with Gasteiger partial charge >= 0.3 is 122 Å². The van der Waals surface area contributed by atoms with E-state index in [0.717, 1.165) is 46.3 Å². The molecule has 0 aromatic rings. The van der Waals surface area contributed by atoms with Crippen LogP contribution in [0.4, 0.5) is 0 Å². The van der Waals surface area contributed by atoms with Crippen molar-refractivity contribution in [1.82, 2.24) is 0 Å². The maximum atomic E-state index is 2.48. The van der Waals surface area contributed by atoms with Gasteiger partial charge in [-0.25, -0.2) is 0 Å². The van der Waals surface area contributed by atoms with Crippen molar-refractivity contribution >= 4 is 53.4 Å². The Morgan fingerprint density at radius 3 is 2.38 bits per heavy atom. The van der Waals surface area contributed by atoms with E-state index in [1.54, 1.807) is 21.3 Å². The Morgan fingerprint density at radius 1 is 1.12 bits per heavy atom. The van der Waals surface area contributed by atoms with Gasteiger partial charge in [-0.2, -0.15) is 0 Å². The van der Waals surface area contributed by atoms with Gasteiger partial charge in [-0.3, -0.25) is 0 Å². The summed E-state index contributed by atoms with van der Waals surface area (Å²) < 4.78 is 0. The molecular formula is C12H22S2Se2. The van der Waals surface area contributed by atoms with Crippen molar-refractivity contribution < 1.29 is 0 Å². The molecule has 3 atom stereocenters. The van der Waals surface area contributed by atoms with E-state index in [1.807, 2.05) is 0 Å². The first-order chi connectivity index (χ1) is 7.84. The van der Waals surface area contributed by atoms with Gasteiger partial charge in [0.25, 0.3) is 0 Å². The van der Waals surface area contributed by atoms with Crippen LogP contribution in [0.25, 0.3) is 0 Å². The zero-order valence-corrected chi connectivity index (χ0v) is 15.1. The Balaban J connectivity index is 1.33. The first-order valence-electron chi connectivity index (χ1n) is 6.23. The average Bonchev–Trinajstić information content (AvgIpc) is 3.12. The summed E-state index contributed by atoms with van der Waals surface area (Å²) in [5.74, 6) is 3.97. The summed E-state index contributed by atoms with van der Waals surface area (Å²) in [6.45, 7) is 2.48. The maximum absolute atomic E-state index is 2.48. The third-order valence-electron chi connectivity index (χ3n) is 2.80. The van der Waals surface area contributed by atoms with Crippen LogP contribution < -0.4 is 0 Å². The predicted octanol–water partition coefficient (Wildman–Crippen LogP) is 3.72. The van der Waals surface area contributed by atoms with Gasteiger partial charge in [0.1, 0.15) is 0 Å². The first-order valence-corrected chi connectivity index (χ1v) is 13.2. The molecule has 2 heterocycles. The molecule has 3 unspecified atom stereocenters. The molecule has 2 saturated heterocycles. The minimum atomic E-state index is 0.962. The van der Waals surface area contributed by atoms with Gasteiger partial charge in [0.15, 0.2) is 0 Å². The molecule has 0 N–H and O–H groups in total.